The van der Waals surface area contributed by atoms with Crippen LogP contribution in [0.3, 0.4) is 0 Å². The third-order valence-electron chi connectivity index (χ3n) is 6.47. The minimum absolute atomic E-state index is 0. The smallest absolute Gasteiger partial charge is 0.395 e. The van der Waals surface area contributed by atoms with Crippen molar-refractivity contribution in [3.8, 4) is 11.5 Å². The minimum atomic E-state index is -4.31. The number of phosphoric acid groups is 1. The molecule has 0 aromatic heterocycles. The number of phosphoric ester groups is 1. The maximum Gasteiger partial charge on any atom is 0.584 e. The Balaban J connectivity index is 0.00000648. The van der Waals surface area contributed by atoms with Crippen LogP contribution >= 0.6 is 7.82 Å². The van der Waals surface area contributed by atoms with Gasteiger partial charge in [-0.05, 0) is 48.9 Å². The van der Waals surface area contributed by atoms with Crippen molar-refractivity contribution in [2.24, 2.45) is 0 Å². The third kappa shape index (κ3) is 14.5. The van der Waals surface area contributed by atoms with Gasteiger partial charge in [0.05, 0.1) is 0 Å². The molecule has 2 aromatic carbocycles. The molecule has 0 bridgehead atoms. The van der Waals surface area contributed by atoms with Gasteiger partial charge in [-0.25, -0.2) is 4.57 Å². The van der Waals surface area contributed by atoms with Crippen LogP contribution in [0.1, 0.15) is 115 Å². The van der Waals surface area contributed by atoms with Gasteiger partial charge in [0.1, 0.15) is 11.5 Å². The van der Waals surface area contributed by atoms with E-state index in [2.05, 4.69) is 13.8 Å². The molecule has 2 rings (SSSR count). The number of rotatable bonds is 20. The number of aryl methyl sites for hydroxylation is 2. The van der Waals surface area contributed by atoms with Gasteiger partial charge in [0.25, 0.3) is 0 Å². The maximum absolute atomic E-state index is 12.9. The van der Waals surface area contributed by atoms with Crippen molar-refractivity contribution in [2.45, 2.75) is 117 Å². The monoisotopic (exact) mass is 644 g/mol. The van der Waals surface area contributed by atoms with Crippen LogP contribution in [0.5, 0.6) is 11.5 Å². The van der Waals surface area contributed by atoms with E-state index in [4.69, 9.17) is 9.05 Å². The van der Waals surface area contributed by atoms with Gasteiger partial charge in [-0.3, -0.25) is 4.89 Å². The zero-order chi connectivity index (χ0) is 25.2. The van der Waals surface area contributed by atoms with Crippen molar-refractivity contribution in [3.63, 3.8) is 0 Å². The number of para-hydroxylation sites is 2. The van der Waals surface area contributed by atoms with E-state index < -0.39 is 7.82 Å². The van der Waals surface area contributed by atoms with Crippen molar-refractivity contribution in [2.75, 3.05) is 0 Å². The topological polar surface area (TPSA) is 55.8 Å². The van der Waals surface area contributed by atoms with E-state index in [9.17, 15) is 9.46 Å². The fourth-order valence-electron chi connectivity index (χ4n) is 4.41. The molecule has 0 aliphatic heterocycles. The molecule has 0 aliphatic carbocycles. The van der Waals surface area contributed by atoms with E-state index in [1.54, 1.807) is 12.1 Å². The molecule has 0 spiro atoms. The summed E-state index contributed by atoms with van der Waals surface area (Å²) in [6.07, 6.45) is 18.9. The van der Waals surface area contributed by atoms with Crippen molar-refractivity contribution in [1.29, 1.82) is 0 Å². The first-order valence-electron chi connectivity index (χ1n) is 13.9. The summed E-state index contributed by atoms with van der Waals surface area (Å²) < 4.78 is 24.1. The maximum atomic E-state index is 12.9. The van der Waals surface area contributed by atoms with Crippen LogP contribution in [0.25, 0.3) is 0 Å². The fourth-order valence-corrected chi connectivity index (χ4v) is 5.30. The molecular formula is C30H47NdO4P. The summed E-state index contributed by atoms with van der Waals surface area (Å²) in [5, 5.41) is 0. The molecule has 2 aromatic rings. The Morgan fingerprint density at radius 3 is 1.31 bits per heavy atom. The van der Waals surface area contributed by atoms with Crippen molar-refractivity contribution in [1.82, 2.24) is 0 Å². The van der Waals surface area contributed by atoms with Crippen LogP contribution in [0, 0.1) is 40.8 Å². The Morgan fingerprint density at radius 1 is 0.583 bits per heavy atom. The fraction of sp³-hybridized carbons (Fsp3) is 0.600. The summed E-state index contributed by atoms with van der Waals surface area (Å²) >= 11 is 0. The van der Waals surface area contributed by atoms with E-state index in [-0.39, 0.29) is 40.8 Å². The Bertz CT molecular complexity index is 806. The van der Waals surface area contributed by atoms with E-state index in [1.165, 1.54) is 64.2 Å². The molecule has 0 atom stereocenters. The van der Waals surface area contributed by atoms with Crippen LogP contribution in [0.2, 0.25) is 0 Å². The average molecular weight is 647 g/mol. The summed E-state index contributed by atoms with van der Waals surface area (Å²) in [5.41, 5.74) is 1.91. The first kappa shape index (κ1) is 33.6. The van der Waals surface area contributed by atoms with E-state index in [0.717, 1.165) is 49.7 Å². The normalized spacial score (nSPS) is 11.2. The van der Waals surface area contributed by atoms with Gasteiger partial charge in [-0.1, -0.05) is 127 Å². The molecule has 6 heteroatoms. The van der Waals surface area contributed by atoms with Gasteiger partial charge in [-0.15, -0.1) is 0 Å². The zero-order valence-electron chi connectivity index (χ0n) is 22.6. The second kappa shape index (κ2) is 20.5. The van der Waals surface area contributed by atoms with Crippen LogP contribution in [0.4, 0.5) is 0 Å². The van der Waals surface area contributed by atoms with Crippen molar-refractivity contribution < 1.29 is 59.3 Å². The molecule has 200 valence electrons. The molecule has 1 N–H and O–H groups in total. The van der Waals surface area contributed by atoms with Crippen LogP contribution in [0.15, 0.2) is 48.5 Å². The molecule has 0 fully saturated rings. The van der Waals surface area contributed by atoms with Gasteiger partial charge in [0.2, 0.25) is 0 Å². The first-order valence-corrected chi connectivity index (χ1v) is 15.4. The van der Waals surface area contributed by atoms with E-state index in [1.807, 2.05) is 36.4 Å². The van der Waals surface area contributed by atoms with Crippen LogP contribution in [-0.2, 0) is 17.4 Å². The second-order valence-electron chi connectivity index (χ2n) is 9.61. The van der Waals surface area contributed by atoms with Gasteiger partial charge in [0, 0.05) is 40.8 Å². The van der Waals surface area contributed by atoms with Crippen LogP contribution in [-0.4, -0.2) is 4.89 Å². The van der Waals surface area contributed by atoms with Crippen molar-refractivity contribution in [3.05, 3.63) is 59.7 Å². The average Bonchev–Trinajstić information content (AvgIpc) is 2.84. The Kier molecular flexibility index (Phi) is 19.2. The first-order chi connectivity index (χ1) is 17.1. The predicted molar refractivity (Wildman–Crippen MR) is 147 cm³/mol. The zero-order valence-corrected chi connectivity index (χ0v) is 26.7. The minimum Gasteiger partial charge on any atom is -0.395 e. The molecule has 0 aliphatic rings. The molecular weight excluding hydrogens is 600 g/mol. The molecule has 4 nitrogen and oxygen atoms in total. The summed E-state index contributed by atoms with van der Waals surface area (Å²) in [7, 11) is -4.31. The summed E-state index contributed by atoms with van der Waals surface area (Å²) in [6, 6.07) is 15.0. The predicted octanol–water partition coefficient (Wildman–Crippen LogP) is 9.83. The molecule has 0 radical (unpaired) electrons. The molecule has 0 heterocycles. The number of unbranched alkanes of at least 4 members (excludes halogenated alkanes) is 12. The summed E-state index contributed by atoms with van der Waals surface area (Å²) in [4.78, 5) is 10.6. The van der Waals surface area contributed by atoms with Crippen molar-refractivity contribution >= 4 is 7.82 Å². The molecule has 0 amide bonds. The SMILES string of the molecule is CCCCCCCCCc1ccccc1OP(=O)(O)Oc1ccccc1CCCCCCCCC.[Nd]. The quantitative estimate of drug-likeness (QED) is 0.115. The van der Waals surface area contributed by atoms with Crippen LogP contribution < -0.4 is 9.05 Å². The third-order valence-corrected chi connectivity index (χ3v) is 7.33. The summed E-state index contributed by atoms with van der Waals surface area (Å²) in [5.74, 6) is 0.878. The molecule has 0 saturated carbocycles. The Morgan fingerprint density at radius 2 is 0.917 bits per heavy atom. The Labute approximate surface area is 253 Å². The van der Waals surface area contributed by atoms with E-state index >= 15 is 0 Å². The Hall–Kier alpha value is -0.419. The van der Waals surface area contributed by atoms with Gasteiger partial charge in [-0.2, -0.15) is 0 Å². The number of hydrogen-bond donors (Lipinski definition) is 1. The second-order valence-corrected chi connectivity index (χ2v) is 10.9. The number of benzene rings is 2. The van der Waals surface area contributed by atoms with Gasteiger partial charge in [0.15, 0.2) is 0 Å². The summed E-state index contributed by atoms with van der Waals surface area (Å²) in [6.45, 7) is 4.46. The molecule has 0 unspecified atom stereocenters. The molecule has 36 heavy (non-hydrogen) atoms. The van der Waals surface area contributed by atoms with E-state index in [0.29, 0.717) is 11.5 Å². The standard InChI is InChI=1S/C30H47O4P.Nd/c1-3-5-7-9-11-13-15-21-27-23-17-19-25-29(27)33-35(31,32)34-30-26-20-18-24-28(30)22-16-14-12-10-8-6-4-2;/h17-20,23-26H,3-16,21-22H2,1-2H3,(H,31,32);. The van der Waals surface area contributed by atoms with Gasteiger partial charge >= 0.3 is 7.82 Å². The molecule has 0 saturated heterocycles. The van der Waals surface area contributed by atoms with Gasteiger partial charge < -0.3 is 9.05 Å². The number of hydrogen-bond acceptors (Lipinski definition) is 3. The largest absolute Gasteiger partial charge is 0.584 e.